The van der Waals surface area contributed by atoms with Gasteiger partial charge in [0.2, 0.25) is 0 Å². The van der Waals surface area contributed by atoms with E-state index >= 15 is 0 Å². The largest absolute Gasteiger partial charge is 0.456 e. The van der Waals surface area contributed by atoms with Crippen molar-refractivity contribution in [3.05, 3.63) is 48.2 Å². The first-order chi connectivity index (χ1) is 7.09. The third kappa shape index (κ3) is 3.85. The van der Waals surface area contributed by atoms with Gasteiger partial charge in [-0.1, -0.05) is 36.9 Å². The maximum Gasteiger partial charge on any atom is 0.305 e. The number of ether oxygens (including phenoxy) is 2. The van der Waals surface area contributed by atoms with Crippen LogP contribution in [0.25, 0.3) is 0 Å². The fraction of sp³-hybridized carbons (Fsp3) is 0.250. The van der Waals surface area contributed by atoms with Crippen LogP contribution in [0.4, 0.5) is 0 Å². The molecule has 1 unspecified atom stereocenters. The summed E-state index contributed by atoms with van der Waals surface area (Å²) in [5.41, 5.74) is 0.788. The zero-order valence-corrected chi connectivity index (χ0v) is 8.90. The molecule has 1 atom stereocenters. The lowest BCUT2D eigenvalue weighted by Gasteiger charge is -2.18. The van der Waals surface area contributed by atoms with Crippen LogP contribution in [0.1, 0.15) is 25.7 Å². The van der Waals surface area contributed by atoms with Gasteiger partial charge in [-0.15, -0.1) is 0 Å². The fourth-order valence-corrected chi connectivity index (χ4v) is 1.10. The molecule has 0 spiro atoms. The second-order valence-electron chi connectivity index (χ2n) is 3.17. The van der Waals surface area contributed by atoms with Gasteiger partial charge in [0.05, 0.1) is 5.76 Å². The van der Waals surface area contributed by atoms with Gasteiger partial charge in [-0.05, 0) is 6.92 Å². The maximum absolute atomic E-state index is 10.9. The van der Waals surface area contributed by atoms with Crippen LogP contribution in [0, 0.1) is 0 Å². The average molecular weight is 206 g/mol. The third-order valence-corrected chi connectivity index (χ3v) is 1.65. The highest BCUT2D eigenvalue weighted by Crippen LogP contribution is 2.21. The van der Waals surface area contributed by atoms with Crippen LogP contribution in [-0.4, -0.2) is 5.97 Å². The topological polar surface area (TPSA) is 35.5 Å². The number of allylic oxidation sites excluding steroid dienone is 1. The van der Waals surface area contributed by atoms with Gasteiger partial charge in [-0.2, -0.15) is 0 Å². The van der Waals surface area contributed by atoms with E-state index in [-0.39, 0.29) is 5.97 Å². The van der Waals surface area contributed by atoms with Gasteiger partial charge >= 0.3 is 5.97 Å². The highest BCUT2D eigenvalue weighted by Gasteiger charge is 2.15. The SMILES string of the molecule is C=C(C)OC(OC(C)=O)c1ccccc1. The monoisotopic (exact) mass is 206 g/mol. The van der Waals surface area contributed by atoms with E-state index in [0.717, 1.165) is 5.56 Å². The minimum atomic E-state index is -0.707. The predicted molar refractivity (Wildman–Crippen MR) is 56.8 cm³/mol. The van der Waals surface area contributed by atoms with Crippen LogP contribution >= 0.6 is 0 Å². The Morgan fingerprint density at radius 3 is 2.27 bits per heavy atom. The highest BCUT2D eigenvalue weighted by molar-refractivity contribution is 5.66. The molecule has 0 aliphatic heterocycles. The zero-order chi connectivity index (χ0) is 11.3. The van der Waals surface area contributed by atoms with Gasteiger partial charge < -0.3 is 9.47 Å². The summed E-state index contributed by atoms with van der Waals surface area (Å²) < 4.78 is 10.3. The van der Waals surface area contributed by atoms with Gasteiger partial charge in [-0.3, -0.25) is 4.79 Å². The molecule has 0 amide bonds. The fourth-order valence-electron chi connectivity index (χ4n) is 1.10. The predicted octanol–water partition coefficient (Wildman–Crippen LogP) is 2.80. The number of hydrogen-bond donors (Lipinski definition) is 0. The summed E-state index contributed by atoms with van der Waals surface area (Å²) in [6.07, 6.45) is -0.707. The van der Waals surface area contributed by atoms with Crippen molar-refractivity contribution in [3.8, 4) is 0 Å². The molecule has 0 N–H and O–H groups in total. The molecule has 0 heterocycles. The van der Waals surface area contributed by atoms with Crippen molar-refractivity contribution < 1.29 is 14.3 Å². The normalized spacial score (nSPS) is 11.6. The maximum atomic E-state index is 10.9. The van der Waals surface area contributed by atoms with E-state index in [9.17, 15) is 4.79 Å². The summed E-state index contributed by atoms with van der Waals surface area (Å²) in [5.74, 6) is 0.121. The molecule has 0 radical (unpaired) electrons. The average Bonchev–Trinajstić information content (AvgIpc) is 2.17. The Morgan fingerprint density at radius 2 is 1.80 bits per heavy atom. The van der Waals surface area contributed by atoms with Crippen LogP contribution in [0.2, 0.25) is 0 Å². The molecular formula is C12H14O3. The number of benzene rings is 1. The molecule has 1 aromatic carbocycles. The van der Waals surface area contributed by atoms with Gasteiger partial charge in [0.1, 0.15) is 0 Å². The molecule has 0 fully saturated rings. The molecule has 0 aromatic heterocycles. The Hall–Kier alpha value is -1.77. The highest BCUT2D eigenvalue weighted by atomic mass is 16.7. The van der Waals surface area contributed by atoms with Crippen LogP contribution in [0.5, 0.6) is 0 Å². The second-order valence-corrected chi connectivity index (χ2v) is 3.17. The van der Waals surface area contributed by atoms with Crippen molar-refractivity contribution in [1.82, 2.24) is 0 Å². The van der Waals surface area contributed by atoms with Gasteiger partial charge in [0.25, 0.3) is 6.29 Å². The molecule has 1 rings (SSSR count). The van der Waals surface area contributed by atoms with Crippen molar-refractivity contribution >= 4 is 5.97 Å². The number of carbonyl (C=O) groups excluding carboxylic acids is 1. The Bertz CT molecular complexity index is 327. The van der Waals surface area contributed by atoms with Crippen molar-refractivity contribution in [2.45, 2.75) is 20.1 Å². The standard InChI is InChI=1S/C12H14O3/c1-9(2)14-12(15-10(3)13)11-7-5-4-6-8-11/h4-8,12H,1H2,2-3H3. The second kappa shape index (κ2) is 5.20. The summed E-state index contributed by atoms with van der Waals surface area (Å²) in [5, 5.41) is 0. The number of hydrogen-bond acceptors (Lipinski definition) is 3. The Morgan fingerprint density at radius 1 is 1.20 bits per heavy atom. The molecule has 15 heavy (non-hydrogen) atoms. The molecule has 3 nitrogen and oxygen atoms in total. The summed E-state index contributed by atoms with van der Waals surface area (Å²) in [6, 6.07) is 9.25. The lowest BCUT2D eigenvalue weighted by Crippen LogP contribution is -2.11. The number of rotatable bonds is 4. The minimum Gasteiger partial charge on any atom is -0.456 e. The molecule has 0 aliphatic carbocycles. The van der Waals surface area contributed by atoms with Crippen molar-refractivity contribution in [3.63, 3.8) is 0 Å². The van der Waals surface area contributed by atoms with Crippen LogP contribution in [0.15, 0.2) is 42.7 Å². The lowest BCUT2D eigenvalue weighted by molar-refractivity contribution is -0.170. The molecule has 0 bridgehead atoms. The quantitative estimate of drug-likeness (QED) is 0.431. The smallest absolute Gasteiger partial charge is 0.305 e. The first kappa shape index (κ1) is 11.3. The molecule has 0 aliphatic rings. The Labute approximate surface area is 89.3 Å². The molecule has 0 saturated carbocycles. The first-order valence-electron chi connectivity index (χ1n) is 4.64. The Balaban J connectivity index is 2.81. The van der Waals surface area contributed by atoms with Crippen molar-refractivity contribution in [2.75, 3.05) is 0 Å². The lowest BCUT2D eigenvalue weighted by atomic mass is 10.2. The summed E-state index contributed by atoms with van der Waals surface area (Å²) in [4.78, 5) is 10.9. The molecule has 3 heteroatoms. The zero-order valence-electron chi connectivity index (χ0n) is 8.90. The van der Waals surface area contributed by atoms with E-state index in [2.05, 4.69) is 6.58 Å². The molecule has 1 aromatic rings. The third-order valence-electron chi connectivity index (χ3n) is 1.65. The summed E-state index contributed by atoms with van der Waals surface area (Å²) in [6.45, 7) is 6.67. The van der Waals surface area contributed by atoms with E-state index in [1.54, 1.807) is 6.92 Å². The summed E-state index contributed by atoms with van der Waals surface area (Å²) in [7, 11) is 0. The van der Waals surface area contributed by atoms with E-state index < -0.39 is 6.29 Å². The van der Waals surface area contributed by atoms with E-state index in [0.29, 0.717) is 5.76 Å². The molecule has 80 valence electrons. The van der Waals surface area contributed by atoms with Crippen LogP contribution in [-0.2, 0) is 14.3 Å². The van der Waals surface area contributed by atoms with E-state index in [4.69, 9.17) is 9.47 Å². The Kier molecular flexibility index (Phi) is 3.92. The van der Waals surface area contributed by atoms with Gasteiger partial charge in [-0.25, -0.2) is 0 Å². The van der Waals surface area contributed by atoms with Crippen molar-refractivity contribution in [2.24, 2.45) is 0 Å². The number of carbonyl (C=O) groups is 1. The van der Waals surface area contributed by atoms with Gasteiger partial charge in [0, 0.05) is 12.5 Å². The summed E-state index contributed by atoms with van der Waals surface area (Å²) >= 11 is 0. The van der Waals surface area contributed by atoms with Crippen molar-refractivity contribution in [1.29, 1.82) is 0 Å². The van der Waals surface area contributed by atoms with Crippen LogP contribution in [0.3, 0.4) is 0 Å². The number of esters is 1. The van der Waals surface area contributed by atoms with E-state index in [1.165, 1.54) is 6.92 Å². The molecule has 0 saturated heterocycles. The van der Waals surface area contributed by atoms with E-state index in [1.807, 2.05) is 30.3 Å². The minimum absolute atomic E-state index is 0.384. The van der Waals surface area contributed by atoms with Crippen LogP contribution < -0.4 is 0 Å². The molecular weight excluding hydrogens is 192 g/mol. The van der Waals surface area contributed by atoms with Gasteiger partial charge in [0.15, 0.2) is 0 Å². The first-order valence-corrected chi connectivity index (χ1v) is 4.64.